The second kappa shape index (κ2) is 3.63. The summed E-state index contributed by atoms with van der Waals surface area (Å²) in [5, 5.41) is 0.0757. The second-order valence-electron chi connectivity index (χ2n) is 6.32. The fourth-order valence-corrected chi connectivity index (χ4v) is 4.28. The lowest BCUT2D eigenvalue weighted by atomic mass is 9.63. The van der Waals surface area contributed by atoms with Crippen molar-refractivity contribution < 1.29 is 9.53 Å². The molecule has 0 aromatic rings. The summed E-state index contributed by atoms with van der Waals surface area (Å²) >= 11 is 6.49. The van der Waals surface area contributed by atoms with Gasteiger partial charge < -0.3 is 4.74 Å². The zero-order valence-electron chi connectivity index (χ0n) is 11.1. The number of halogens is 1. The van der Waals surface area contributed by atoms with Crippen molar-refractivity contribution in [2.24, 2.45) is 16.7 Å². The number of hydrogen-bond donors (Lipinski definition) is 0. The van der Waals surface area contributed by atoms with E-state index < -0.39 is 5.41 Å². The third-order valence-electron chi connectivity index (χ3n) is 5.40. The Kier molecular flexibility index (Phi) is 2.48. The lowest BCUT2D eigenvalue weighted by Gasteiger charge is -2.42. The quantitative estimate of drug-likeness (QED) is 0.379. The van der Waals surface area contributed by atoms with Crippen LogP contribution >= 0.6 is 11.6 Å². The summed E-state index contributed by atoms with van der Waals surface area (Å²) in [6, 6.07) is 0. The summed E-state index contributed by atoms with van der Waals surface area (Å²) in [5.41, 5.74) is 1.79. The van der Waals surface area contributed by atoms with Crippen LogP contribution < -0.4 is 0 Å². The topological polar surface area (TPSA) is 26.3 Å². The Morgan fingerprint density at radius 1 is 1.44 bits per heavy atom. The van der Waals surface area contributed by atoms with Gasteiger partial charge in [0.2, 0.25) is 0 Å². The standard InChI is InChI=1S/C15H19ClO2/c1-9-4-5-12(16)11-6-15(8-14(9,11)3)10(2)7-18-13(15)17/h6-7,9,12H,4-5,8H2,1-3H3/t9-,12+,14+,15-/m0/s1. The minimum atomic E-state index is -0.532. The predicted octanol–water partition coefficient (Wildman–Crippen LogP) is 3.81. The third kappa shape index (κ3) is 1.33. The number of cyclic esters (lactones) is 1. The highest BCUT2D eigenvalue weighted by Gasteiger charge is 2.58. The molecular formula is C15H19ClO2. The summed E-state index contributed by atoms with van der Waals surface area (Å²) in [6.07, 6.45) is 6.68. The van der Waals surface area contributed by atoms with E-state index in [0.29, 0.717) is 5.92 Å². The molecule has 0 radical (unpaired) electrons. The molecule has 3 heteroatoms. The lowest BCUT2D eigenvalue weighted by molar-refractivity contribution is -0.143. The molecule has 3 aliphatic rings. The fourth-order valence-electron chi connectivity index (χ4n) is 3.84. The predicted molar refractivity (Wildman–Crippen MR) is 71.1 cm³/mol. The van der Waals surface area contributed by atoms with Crippen molar-refractivity contribution in [1.82, 2.24) is 0 Å². The molecule has 0 bridgehead atoms. The number of hydrogen-bond acceptors (Lipinski definition) is 2. The van der Waals surface area contributed by atoms with Crippen LogP contribution in [0.3, 0.4) is 0 Å². The molecular weight excluding hydrogens is 248 g/mol. The van der Waals surface area contributed by atoms with Gasteiger partial charge in [-0.25, -0.2) is 0 Å². The Balaban J connectivity index is 2.10. The van der Waals surface area contributed by atoms with Gasteiger partial charge in [0.25, 0.3) is 0 Å². The monoisotopic (exact) mass is 266 g/mol. The smallest absolute Gasteiger partial charge is 0.325 e. The van der Waals surface area contributed by atoms with Gasteiger partial charge in [0.1, 0.15) is 5.41 Å². The molecule has 2 nitrogen and oxygen atoms in total. The number of carbonyl (C=O) groups is 1. The molecule has 0 saturated heterocycles. The molecule has 0 aromatic carbocycles. The number of rotatable bonds is 0. The zero-order valence-corrected chi connectivity index (χ0v) is 11.9. The van der Waals surface area contributed by atoms with Gasteiger partial charge in [0.05, 0.1) is 11.6 Å². The minimum absolute atomic E-state index is 0.0448. The second-order valence-corrected chi connectivity index (χ2v) is 6.84. The molecule has 1 aliphatic heterocycles. The average molecular weight is 267 g/mol. The van der Waals surface area contributed by atoms with Gasteiger partial charge in [-0.15, -0.1) is 11.6 Å². The van der Waals surface area contributed by atoms with Crippen LogP contribution in [0.5, 0.6) is 0 Å². The van der Waals surface area contributed by atoms with Crippen molar-refractivity contribution in [2.75, 3.05) is 0 Å². The molecule has 0 N–H and O–H groups in total. The first-order valence-electron chi connectivity index (χ1n) is 6.66. The van der Waals surface area contributed by atoms with Crippen LogP contribution in [0.15, 0.2) is 23.5 Å². The van der Waals surface area contributed by atoms with Crippen molar-refractivity contribution in [3.63, 3.8) is 0 Å². The lowest BCUT2D eigenvalue weighted by Crippen LogP contribution is -2.36. The maximum Gasteiger partial charge on any atom is 0.325 e. The van der Waals surface area contributed by atoms with Crippen LogP contribution in [-0.4, -0.2) is 11.3 Å². The first-order chi connectivity index (χ1) is 8.40. The van der Waals surface area contributed by atoms with Gasteiger partial charge in [0.15, 0.2) is 0 Å². The summed E-state index contributed by atoms with van der Waals surface area (Å²) in [4.78, 5) is 12.1. The molecule has 18 heavy (non-hydrogen) atoms. The molecule has 0 unspecified atom stereocenters. The molecule has 3 rings (SSSR count). The molecule has 4 atom stereocenters. The molecule has 0 aromatic heterocycles. The number of allylic oxidation sites excluding steroid dienone is 1. The van der Waals surface area contributed by atoms with Gasteiger partial charge in [-0.1, -0.05) is 19.9 Å². The van der Waals surface area contributed by atoms with Crippen LogP contribution in [0.2, 0.25) is 0 Å². The Labute approximate surface area is 113 Å². The van der Waals surface area contributed by atoms with Crippen molar-refractivity contribution in [3.8, 4) is 0 Å². The molecule has 1 heterocycles. The number of alkyl halides is 1. The van der Waals surface area contributed by atoms with E-state index in [1.165, 1.54) is 5.57 Å². The largest absolute Gasteiger partial charge is 0.434 e. The van der Waals surface area contributed by atoms with Gasteiger partial charge in [-0.3, -0.25) is 4.79 Å². The number of ether oxygens (including phenoxy) is 1. The Morgan fingerprint density at radius 2 is 2.17 bits per heavy atom. The summed E-state index contributed by atoms with van der Waals surface area (Å²) in [7, 11) is 0. The van der Waals surface area contributed by atoms with E-state index >= 15 is 0 Å². The van der Waals surface area contributed by atoms with E-state index in [2.05, 4.69) is 19.9 Å². The van der Waals surface area contributed by atoms with Gasteiger partial charge in [-0.05, 0) is 48.7 Å². The molecule has 1 saturated carbocycles. The molecule has 1 fully saturated rings. The SMILES string of the molecule is CC1=COC(=O)[C@]12C=C1[C@H](Cl)CC[C@H](C)[C@@]1(C)C2. The number of esters is 1. The van der Waals surface area contributed by atoms with Crippen molar-refractivity contribution in [1.29, 1.82) is 0 Å². The van der Waals surface area contributed by atoms with Crippen LogP contribution in [0.4, 0.5) is 0 Å². The van der Waals surface area contributed by atoms with Gasteiger partial charge >= 0.3 is 5.97 Å². The maximum atomic E-state index is 12.1. The van der Waals surface area contributed by atoms with Crippen LogP contribution in [-0.2, 0) is 9.53 Å². The molecule has 2 aliphatic carbocycles. The van der Waals surface area contributed by atoms with Crippen LogP contribution in [0.1, 0.15) is 40.0 Å². The summed E-state index contributed by atoms with van der Waals surface area (Å²) in [6.45, 7) is 6.51. The Hall–Kier alpha value is -0.760. The van der Waals surface area contributed by atoms with E-state index in [1.807, 2.05) is 6.92 Å². The Morgan fingerprint density at radius 3 is 2.72 bits per heavy atom. The summed E-state index contributed by atoms with van der Waals surface area (Å²) < 4.78 is 5.14. The van der Waals surface area contributed by atoms with E-state index in [-0.39, 0.29) is 16.8 Å². The van der Waals surface area contributed by atoms with E-state index in [9.17, 15) is 4.79 Å². The van der Waals surface area contributed by atoms with Crippen LogP contribution in [0, 0.1) is 16.7 Å². The minimum Gasteiger partial charge on any atom is -0.434 e. The highest BCUT2D eigenvalue weighted by molar-refractivity contribution is 6.22. The number of carbonyl (C=O) groups excluding carboxylic acids is 1. The van der Waals surface area contributed by atoms with Crippen molar-refractivity contribution >= 4 is 17.6 Å². The fraction of sp³-hybridized carbons (Fsp3) is 0.667. The van der Waals surface area contributed by atoms with Gasteiger partial charge in [-0.2, -0.15) is 0 Å². The number of fused-ring (bicyclic) bond motifs is 1. The van der Waals surface area contributed by atoms with Gasteiger partial charge in [0, 0.05) is 0 Å². The van der Waals surface area contributed by atoms with E-state index in [1.54, 1.807) is 6.26 Å². The van der Waals surface area contributed by atoms with Crippen LogP contribution in [0.25, 0.3) is 0 Å². The summed E-state index contributed by atoms with van der Waals surface area (Å²) in [5.74, 6) is 0.443. The first-order valence-corrected chi connectivity index (χ1v) is 7.09. The van der Waals surface area contributed by atoms with E-state index in [0.717, 1.165) is 24.8 Å². The highest BCUT2D eigenvalue weighted by Crippen LogP contribution is 2.61. The van der Waals surface area contributed by atoms with Crippen molar-refractivity contribution in [3.05, 3.63) is 23.5 Å². The normalized spacial score (nSPS) is 46.8. The average Bonchev–Trinajstić information content (AvgIpc) is 2.80. The van der Waals surface area contributed by atoms with E-state index in [4.69, 9.17) is 16.3 Å². The third-order valence-corrected chi connectivity index (χ3v) is 5.85. The highest BCUT2D eigenvalue weighted by atomic mass is 35.5. The molecule has 98 valence electrons. The molecule has 1 spiro atoms. The zero-order chi connectivity index (χ0) is 13.1. The Bertz CT molecular complexity index is 479. The molecule has 0 amide bonds. The first kappa shape index (κ1) is 12.3. The van der Waals surface area contributed by atoms with Crippen molar-refractivity contribution in [2.45, 2.75) is 45.4 Å². The maximum absolute atomic E-state index is 12.1.